The molecule has 2 aliphatic heterocycles. The van der Waals surface area contributed by atoms with Gasteiger partial charge in [-0.2, -0.15) is 0 Å². The molecule has 0 aromatic rings. The van der Waals surface area contributed by atoms with Crippen molar-refractivity contribution in [2.24, 2.45) is 11.8 Å². The minimum atomic E-state index is -1.17. The number of likely N-dealkylation sites (tertiary alicyclic amines) is 1. The molecule has 7 heteroatoms. The second-order valence-corrected chi connectivity index (χ2v) is 4.95. The number of allylic oxidation sites excluding steroid dienone is 2. The van der Waals surface area contributed by atoms with E-state index >= 15 is 0 Å². The van der Waals surface area contributed by atoms with Gasteiger partial charge in [0, 0.05) is 6.42 Å². The summed E-state index contributed by atoms with van der Waals surface area (Å²) < 4.78 is 13.7. The molecule has 2 saturated heterocycles. The minimum Gasteiger partial charge on any atom is -0.295 e. The molecule has 2 fully saturated rings. The van der Waals surface area contributed by atoms with Crippen LogP contribution in [0.2, 0.25) is 0 Å². The van der Waals surface area contributed by atoms with Gasteiger partial charge in [-0.15, -0.1) is 0 Å². The molecule has 20 heavy (non-hydrogen) atoms. The van der Waals surface area contributed by atoms with Crippen LogP contribution in [0.4, 0.5) is 4.39 Å². The van der Waals surface area contributed by atoms with Gasteiger partial charge in [0.2, 0.25) is 23.6 Å². The lowest BCUT2D eigenvalue weighted by molar-refractivity contribution is -0.151. The molecule has 3 aliphatic rings. The average Bonchev–Trinajstić information content (AvgIpc) is 2.64. The number of nitrogens with one attached hydrogen (secondary N) is 1. The highest BCUT2D eigenvalue weighted by Crippen LogP contribution is 2.38. The monoisotopic (exact) mass is 278 g/mol. The van der Waals surface area contributed by atoms with Crippen LogP contribution in [-0.4, -0.2) is 34.6 Å². The van der Waals surface area contributed by atoms with Gasteiger partial charge in [-0.3, -0.25) is 29.4 Å². The van der Waals surface area contributed by atoms with E-state index in [4.69, 9.17) is 0 Å². The van der Waals surface area contributed by atoms with Crippen LogP contribution < -0.4 is 5.32 Å². The highest BCUT2D eigenvalue weighted by molar-refractivity contribution is 6.12. The number of imide groups is 2. The molecule has 0 aromatic heterocycles. The van der Waals surface area contributed by atoms with Gasteiger partial charge in [-0.05, 0) is 12.5 Å². The van der Waals surface area contributed by atoms with Crippen molar-refractivity contribution < 1.29 is 23.6 Å². The fourth-order valence-electron chi connectivity index (χ4n) is 2.80. The van der Waals surface area contributed by atoms with Crippen molar-refractivity contribution in [2.75, 3.05) is 0 Å². The lowest BCUT2D eigenvalue weighted by Crippen LogP contribution is -2.54. The van der Waals surface area contributed by atoms with E-state index < -0.39 is 47.3 Å². The molecule has 6 nitrogen and oxygen atoms in total. The third kappa shape index (κ3) is 1.70. The molecular weight excluding hydrogens is 267 g/mol. The number of carbonyl (C=O) groups is 4. The maximum absolute atomic E-state index is 13.7. The van der Waals surface area contributed by atoms with Crippen molar-refractivity contribution >= 4 is 23.6 Å². The van der Waals surface area contributed by atoms with Gasteiger partial charge >= 0.3 is 0 Å². The molecule has 0 radical (unpaired) electrons. The van der Waals surface area contributed by atoms with Crippen LogP contribution in [0, 0.1) is 11.8 Å². The van der Waals surface area contributed by atoms with Crippen LogP contribution in [-0.2, 0) is 19.2 Å². The summed E-state index contributed by atoms with van der Waals surface area (Å²) >= 11 is 0. The summed E-state index contributed by atoms with van der Waals surface area (Å²) in [6.45, 7) is 0. The quantitative estimate of drug-likeness (QED) is 0.674. The third-order valence-electron chi connectivity index (χ3n) is 3.78. The summed E-state index contributed by atoms with van der Waals surface area (Å²) in [5, 5.41) is 2.09. The van der Waals surface area contributed by atoms with Gasteiger partial charge in [0.1, 0.15) is 17.8 Å². The Hall–Kier alpha value is -2.31. The van der Waals surface area contributed by atoms with Crippen molar-refractivity contribution in [2.45, 2.75) is 18.9 Å². The third-order valence-corrected chi connectivity index (χ3v) is 3.78. The largest absolute Gasteiger partial charge is 0.295 e. The first-order chi connectivity index (χ1) is 9.50. The van der Waals surface area contributed by atoms with E-state index in [1.54, 1.807) is 0 Å². The van der Waals surface area contributed by atoms with E-state index in [-0.39, 0.29) is 12.8 Å². The lowest BCUT2D eigenvalue weighted by atomic mass is 9.90. The molecule has 1 N–H and O–H groups in total. The fraction of sp³-hybridized carbons (Fsp3) is 0.385. The zero-order valence-electron chi connectivity index (χ0n) is 10.3. The van der Waals surface area contributed by atoms with E-state index in [9.17, 15) is 23.6 Å². The summed E-state index contributed by atoms with van der Waals surface area (Å²) in [5.74, 6) is -5.16. The number of hydrogen-bond acceptors (Lipinski definition) is 4. The Labute approximate surface area is 113 Å². The topological polar surface area (TPSA) is 83.6 Å². The smallest absolute Gasteiger partial charge is 0.249 e. The Bertz CT molecular complexity index is 595. The average molecular weight is 278 g/mol. The molecule has 0 saturated carbocycles. The van der Waals surface area contributed by atoms with Gasteiger partial charge in [-0.1, -0.05) is 12.2 Å². The van der Waals surface area contributed by atoms with Gasteiger partial charge < -0.3 is 0 Å². The Kier molecular flexibility index (Phi) is 2.77. The highest BCUT2D eigenvalue weighted by Gasteiger charge is 2.53. The first-order valence-corrected chi connectivity index (χ1v) is 6.25. The Balaban J connectivity index is 1.92. The van der Waals surface area contributed by atoms with Gasteiger partial charge in [-0.25, -0.2) is 4.39 Å². The number of piperidine rings is 1. The maximum atomic E-state index is 13.7. The van der Waals surface area contributed by atoms with Crippen LogP contribution >= 0.6 is 0 Å². The molecule has 104 valence electrons. The highest BCUT2D eigenvalue weighted by atomic mass is 19.1. The zero-order chi connectivity index (χ0) is 14.4. The number of halogens is 1. The molecular formula is C13H11FN2O4. The lowest BCUT2D eigenvalue weighted by Gasteiger charge is -2.28. The van der Waals surface area contributed by atoms with Gasteiger partial charge in [0.05, 0.1) is 5.92 Å². The molecule has 1 aliphatic carbocycles. The summed E-state index contributed by atoms with van der Waals surface area (Å²) in [5.41, 5.74) is 0. The molecule has 0 spiro atoms. The van der Waals surface area contributed by atoms with Crippen LogP contribution in [0.15, 0.2) is 24.1 Å². The number of carbonyl (C=O) groups excluding carboxylic acids is 4. The first-order valence-electron chi connectivity index (χ1n) is 6.25. The summed E-state index contributed by atoms with van der Waals surface area (Å²) in [7, 11) is 0. The second-order valence-electron chi connectivity index (χ2n) is 4.95. The number of nitrogens with zero attached hydrogens (tertiary/aromatic N) is 1. The molecule has 3 rings (SSSR count). The van der Waals surface area contributed by atoms with Crippen LogP contribution in [0.5, 0.6) is 0 Å². The van der Waals surface area contributed by atoms with Crippen LogP contribution in [0.3, 0.4) is 0 Å². The van der Waals surface area contributed by atoms with Crippen molar-refractivity contribution in [3.8, 4) is 0 Å². The number of hydrogen-bond donors (Lipinski definition) is 1. The summed E-state index contributed by atoms with van der Waals surface area (Å²) in [4.78, 5) is 48.1. The van der Waals surface area contributed by atoms with Gasteiger partial charge in [0.15, 0.2) is 0 Å². The van der Waals surface area contributed by atoms with E-state index in [1.807, 2.05) is 0 Å². The van der Waals surface area contributed by atoms with Crippen LogP contribution in [0.25, 0.3) is 0 Å². The van der Waals surface area contributed by atoms with E-state index in [0.29, 0.717) is 0 Å². The molecule has 3 atom stereocenters. The Morgan fingerprint density at radius 2 is 1.95 bits per heavy atom. The minimum absolute atomic E-state index is 0.0525. The number of rotatable bonds is 1. The summed E-state index contributed by atoms with van der Waals surface area (Å²) in [6, 6.07) is -1.03. The van der Waals surface area contributed by atoms with E-state index in [0.717, 1.165) is 11.0 Å². The van der Waals surface area contributed by atoms with Crippen molar-refractivity contribution in [1.29, 1.82) is 0 Å². The van der Waals surface area contributed by atoms with E-state index in [2.05, 4.69) is 5.32 Å². The van der Waals surface area contributed by atoms with Crippen molar-refractivity contribution in [3.63, 3.8) is 0 Å². The second kappa shape index (κ2) is 4.36. The molecule has 3 unspecified atom stereocenters. The van der Waals surface area contributed by atoms with Crippen LogP contribution in [0.1, 0.15) is 12.8 Å². The summed E-state index contributed by atoms with van der Waals surface area (Å²) in [6.07, 6.45) is 4.11. The van der Waals surface area contributed by atoms with Gasteiger partial charge in [0.25, 0.3) is 0 Å². The predicted octanol–water partition coefficient (Wildman–Crippen LogP) is -0.184. The predicted molar refractivity (Wildman–Crippen MR) is 63.3 cm³/mol. The molecule has 4 amide bonds. The number of fused-ring (bicyclic) bond motifs is 1. The number of amides is 4. The maximum Gasteiger partial charge on any atom is 0.249 e. The van der Waals surface area contributed by atoms with Crippen molar-refractivity contribution in [1.82, 2.24) is 10.2 Å². The van der Waals surface area contributed by atoms with Crippen molar-refractivity contribution in [3.05, 3.63) is 24.1 Å². The SMILES string of the molecule is O=C1CCC(N2C(=O)C3C=CC=C(F)C3C2=O)C(=O)N1. The standard InChI is InChI=1S/C13H11FN2O4/c14-7-3-1-2-6-10(7)13(20)16(12(6)19)8-4-5-9(17)15-11(8)18/h1-3,6,8,10H,4-5H2,(H,15,17,18). The Morgan fingerprint density at radius 3 is 2.60 bits per heavy atom. The molecule has 2 heterocycles. The molecule has 0 bridgehead atoms. The Morgan fingerprint density at radius 1 is 1.20 bits per heavy atom. The normalized spacial score (nSPS) is 33.1. The van der Waals surface area contributed by atoms with E-state index in [1.165, 1.54) is 12.2 Å². The molecule has 0 aromatic carbocycles. The zero-order valence-corrected chi connectivity index (χ0v) is 10.3. The first kappa shape index (κ1) is 12.7. The fourth-order valence-corrected chi connectivity index (χ4v) is 2.80.